The lowest BCUT2D eigenvalue weighted by Crippen LogP contribution is -2.46. The van der Waals surface area contributed by atoms with Crippen molar-refractivity contribution in [1.29, 1.82) is 0 Å². The molecule has 4 aromatic rings. The first-order chi connectivity index (χ1) is 19.4. The van der Waals surface area contributed by atoms with Crippen LogP contribution < -0.4 is 15.0 Å². The number of ether oxygens (including phenoxy) is 1. The summed E-state index contributed by atoms with van der Waals surface area (Å²) >= 11 is 6.09. The second-order valence-corrected chi connectivity index (χ2v) is 10.2. The molecule has 40 heavy (non-hydrogen) atoms. The first kappa shape index (κ1) is 27.2. The van der Waals surface area contributed by atoms with Crippen LogP contribution in [0.25, 0.3) is 11.1 Å². The van der Waals surface area contributed by atoms with Crippen molar-refractivity contribution in [3.05, 3.63) is 107 Å². The quantitative estimate of drug-likeness (QED) is 0.249. The lowest BCUT2D eigenvalue weighted by atomic mass is 9.99. The molecule has 204 valence electrons. The van der Waals surface area contributed by atoms with Gasteiger partial charge in [0.15, 0.2) is 0 Å². The number of rotatable bonds is 8. The van der Waals surface area contributed by atoms with E-state index in [9.17, 15) is 14.7 Å². The average Bonchev–Trinajstić information content (AvgIpc) is 2.94. The topological polar surface area (TPSA) is 82.1 Å². The summed E-state index contributed by atoms with van der Waals surface area (Å²) in [4.78, 5) is 28.0. The van der Waals surface area contributed by atoms with Gasteiger partial charge in [-0.3, -0.25) is 9.69 Å². The molecule has 1 amide bonds. The number of hydrogen-bond acceptors (Lipinski definition) is 5. The smallest absolute Gasteiger partial charge is 0.339 e. The van der Waals surface area contributed by atoms with Crippen LogP contribution in [0.4, 0.5) is 11.4 Å². The first-order valence-electron chi connectivity index (χ1n) is 13.1. The van der Waals surface area contributed by atoms with Gasteiger partial charge in [-0.25, -0.2) is 4.79 Å². The molecule has 1 aliphatic rings. The van der Waals surface area contributed by atoms with Crippen LogP contribution in [0.2, 0.25) is 5.02 Å². The van der Waals surface area contributed by atoms with Gasteiger partial charge in [-0.05, 0) is 53.1 Å². The van der Waals surface area contributed by atoms with Gasteiger partial charge in [-0.1, -0.05) is 54.1 Å². The number of anilines is 2. The Kier molecular flexibility index (Phi) is 8.34. The van der Waals surface area contributed by atoms with Gasteiger partial charge in [0.05, 0.1) is 0 Å². The molecule has 8 heteroatoms. The normalized spacial score (nSPS) is 13.6. The minimum absolute atomic E-state index is 0.0751. The van der Waals surface area contributed by atoms with E-state index in [1.54, 1.807) is 36.4 Å². The van der Waals surface area contributed by atoms with Gasteiger partial charge >= 0.3 is 5.97 Å². The number of carbonyl (C=O) groups excluding carboxylic acids is 1. The molecule has 1 heterocycles. The molecule has 4 aromatic carbocycles. The number of carboxylic acids is 1. The molecule has 2 N–H and O–H groups in total. The Bertz CT molecular complexity index is 1520. The van der Waals surface area contributed by atoms with Crippen LogP contribution in [0.1, 0.15) is 22.8 Å². The molecule has 0 radical (unpaired) electrons. The van der Waals surface area contributed by atoms with Crippen LogP contribution in [0.3, 0.4) is 0 Å². The number of nitrogens with zero attached hydrogens (tertiary/aromatic N) is 2. The summed E-state index contributed by atoms with van der Waals surface area (Å²) < 4.78 is 6.01. The van der Waals surface area contributed by atoms with E-state index in [1.807, 2.05) is 18.2 Å². The van der Waals surface area contributed by atoms with E-state index in [0.717, 1.165) is 49.0 Å². The number of hydrogen-bond donors (Lipinski definition) is 2. The number of carboxylic acid groups (broad SMARTS) is 1. The Morgan fingerprint density at radius 2 is 1.65 bits per heavy atom. The third-order valence-corrected chi connectivity index (χ3v) is 7.13. The predicted molar refractivity (Wildman–Crippen MR) is 159 cm³/mol. The summed E-state index contributed by atoms with van der Waals surface area (Å²) in [5.74, 6) is -0.568. The third-order valence-electron chi connectivity index (χ3n) is 6.88. The number of halogens is 1. The standard InChI is InChI=1S/C32H30ClN3O4/c1-22(37)34-26-6-4-7-28(19-26)40-31-20-27(13-14-30(31)32(38)39)36-17-15-35(16-18-36)21-24-5-2-3-8-29(24)23-9-11-25(33)12-10-23/h2-14,19-20H,15-18,21H2,1H3,(H,34,37)(H,38,39). The van der Waals surface area contributed by atoms with Crippen molar-refractivity contribution < 1.29 is 19.4 Å². The number of piperazine rings is 1. The molecular weight excluding hydrogens is 526 g/mol. The largest absolute Gasteiger partial charge is 0.478 e. The molecule has 1 fully saturated rings. The molecule has 0 bridgehead atoms. The lowest BCUT2D eigenvalue weighted by Gasteiger charge is -2.36. The second-order valence-electron chi connectivity index (χ2n) is 9.72. The minimum atomic E-state index is -1.07. The molecule has 1 saturated heterocycles. The van der Waals surface area contributed by atoms with Crippen molar-refractivity contribution >= 4 is 34.9 Å². The second kappa shape index (κ2) is 12.2. The summed E-state index contributed by atoms with van der Waals surface area (Å²) in [7, 11) is 0. The molecule has 7 nitrogen and oxygen atoms in total. The van der Waals surface area contributed by atoms with Gasteiger partial charge in [0.25, 0.3) is 0 Å². The van der Waals surface area contributed by atoms with E-state index in [4.69, 9.17) is 16.3 Å². The van der Waals surface area contributed by atoms with Crippen LogP contribution in [0.5, 0.6) is 11.5 Å². The first-order valence-corrected chi connectivity index (χ1v) is 13.5. The summed E-state index contributed by atoms with van der Waals surface area (Å²) in [6, 6.07) is 28.5. The molecular formula is C32H30ClN3O4. The van der Waals surface area contributed by atoms with Gasteiger partial charge in [0.1, 0.15) is 17.1 Å². The van der Waals surface area contributed by atoms with E-state index in [-0.39, 0.29) is 17.2 Å². The van der Waals surface area contributed by atoms with Crippen LogP contribution in [-0.2, 0) is 11.3 Å². The molecule has 0 atom stereocenters. The Hall–Kier alpha value is -4.33. The van der Waals surface area contributed by atoms with E-state index in [1.165, 1.54) is 18.1 Å². The van der Waals surface area contributed by atoms with Crippen molar-refractivity contribution in [3.63, 3.8) is 0 Å². The molecule has 1 aliphatic heterocycles. The maximum atomic E-state index is 11.9. The van der Waals surface area contributed by atoms with Gasteiger partial charge in [-0.15, -0.1) is 0 Å². The zero-order valence-corrected chi connectivity index (χ0v) is 22.9. The summed E-state index contributed by atoms with van der Waals surface area (Å²) in [6.45, 7) is 5.59. The number of amides is 1. The Labute approximate surface area is 238 Å². The fourth-order valence-electron chi connectivity index (χ4n) is 4.91. The van der Waals surface area contributed by atoms with Gasteiger partial charge in [0, 0.05) is 68.2 Å². The Balaban J connectivity index is 1.28. The van der Waals surface area contributed by atoms with Crippen LogP contribution in [0.15, 0.2) is 91.0 Å². The SMILES string of the molecule is CC(=O)Nc1cccc(Oc2cc(N3CCN(Cc4ccccc4-c4ccc(Cl)cc4)CC3)ccc2C(=O)O)c1. The van der Waals surface area contributed by atoms with Gasteiger partial charge < -0.3 is 20.1 Å². The summed E-state index contributed by atoms with van der Waals surface area (Å²) in [5, 5.41) is 13.2. The van der Waals surface area contributed by atoms with Crippen molar-refractivity contribution in [3.8, 4) is 22.6 Å². The van der Waals surface area contributed by atoms with Crippen molar-refractivity contribution in [2.24, 2.45) is 0 Å². The molecule has 0 unspecified atom stereocenters. The van der Waals surface area contributed by atoms with Gasteiger partial charge in [0.2, 0.25) is 5.91 Å². The zero-order chi connectivity index (χ0) is 28.1. The predicted octanol–water partition coefficient (Wildman–Crippen LogP) is 6.78. The van der Waals surface area contributed by atoms with E-state index >= 15 is 0 Å². The minimum Gasteiger partial charge on any atom is -0.478 e. The maximum absolute atomic E-state index is 11.9. The zero-order valence-electron chi connectivity index (χ0n) is 22.1. The number of aromatic carboxylic acids is 1. The number of nitrogens with one attached hydrogen (secondary N) is 1. The maximum Gasteiger partial charge on any atom is 0.339 e. The molecule has 0 spiro atoms. The lowest BCUT2D eigenvalue weighted by molar-refractivity contribution is -0.114. The van der Waals surface area contributed by atoms with E-state index in [0.29, 0.717) is 11.4 Å². The highest BCUT2D eigenvalue weighted by atomic mass is 35.5. The van der Waals surface area contributed by atoms with Gasteiger partial charge in [-0.2, -0.15) is 0 Å². The van der Waals surface area contributed by atoms with Crippen molar-refractivity contribution in [2.45, 2.75) is 13.5 Å². The highest BCUT2D eigenvalue weighted by Crippen LogP contribution is 2.32. The third kappa shape index (κ3) is 6.62. The molecule has 0 aromatic heterocycles. The number of benzene rings is 4. The fourth-order valence-corrected chi connectivity index (χ4v) is 5.04. The fraction of sp³-hybridized carbons (Fsp3) is 0.188. The van der Waals surface area contributed by atoms with Crippen LogP contribution in [-0.4, -0.2) is 48.1 Å². The van der Waals surface area contributed by atoms with Crippen LogP contribution >= 0.6 is 11.6 Å². The monoisotopic (exact) mass is 555 g/mol. The van der Waals surface area contributed by atoms with E-state index in [2.05, 4.69) is 51.5 Å². The summed E-state index contributed by atoms with van der Waals surface area (Å²) in [6.07, 6.45) is 0. The van der Waals surface area contributed by atoms with Crippen molar-refractivity contribution in [2.75, 3.05) is 36.4 Å². The Morgan fingerprint density at radius 3 is 2.38 bits per heavy atom. The molecule has 0 saturated carbocycles. The molecule has 0 aliphatic carbocycles. The average molecular weight is 556 g/mol. The summed E-state index contributed by atoms with van der Waals surface area (Å²) in [5.41, 5.74) is 5.17. The van der Waals surface area contributed by atoms with Crippen molar-refractivity contribution in [1.82, 2.24) is 4.90 Å². The van der Waals surface area contributed by atoms with Crippen LogP contribution in [0, 0.1) is 0 Å². The number of carbonyl (C=O) groups is 2. The molecule has 5 rings (SSSR count). The van der Waals surface area contributed by atoms with E-state index < -0.39 is 5.97 Å². The highest BCUT2D eigenvalue weighted by molar-refractivity contribution is 6.30. The highest BCUT2D eigenvalue weighted by Gasteiger charge is 2.21. The Morgan fingerprint density at radius 1 is 0.900 bits per heavy atom.